The number of pyridine rings is 1. The van der Waals surface area contributed by atoms with E-state index in [1.54, 1.807) is 6.20 Å². The number of halogens is 2. The number of aromatic nitrogens is 1. The molecule has 1 heterocycles. The molecule has 1 aromatic heterocycles. The van der Waals surface area contributed by atoms with Crippen LogP contribution in [-0.2, 0) is 0 Å². The summed E-state index contributed by atoms with van der Waals surface area (Å²) < 4.78 is 2.12. The van der Waals surface area contributed by atoms with Gasteiger partial charge in [0.1, 0.15) is 0 Å². The van der Waals surface area contributed by atoms with Gasteiger partial charge in [0.15, 0.2) is 0 Å². The van der Waals surface area contributed by atoms with Gasteiger partial charge in [-0.25, -0.2) is 0 Å². The van der Waals surface area contributed by atoms with Gasteiger partial charge in [0.05, 0.1) is 23.1 Å². The standard InChI is InChI=1S/C10H9BrIN3/c1-14-10-7(13)4-15-9-6(12)3-2-5(11)8(9)10/h2-4H,13H2,1H3,(H,14,15). The number of nitrogens with two attached hydrogens (primary N) is 1. The highest BCUT2D eigenvalue weighted by atomic mass is 127. The molecule has 2 rings (SSSR count). The van der Waals surface area contributed by atoms with Gasteiger partial charge in [0.25, 0.3) is 0 Å². The summed E-state index contributed by atoms with van der Waals surface area (Å²) in [6.45, 7) is 0. The number of hydrogen-bond acceptors (Lipinski definition) is 3. The third kappa shape index (κ3) is 1.78. The molecule has 0 radical (unpaired) electrons. The van der Waals surface area contributed by atoms with Crippen molar-refractivity contribution in [1.82, 2.24) is 4.98 Å². The van der Waals surface area contributed by atoms with Crippen molar-refractivity contribution in [2.75, 3.05) is 18.1 Å². The van der Waals surface area contributed by atoms with Crippen molar-refractivity contribution in [2.45, 2.75) is 0 Å². The van der Waals surface area contributed by atoms with Crippen LogP contribution in [0.4, 0.5) is 11.4 Å². The first-order valence-corrected chi connectivity index (χ1v) is 6.22. The number of rotatable bonds is 1. The second-order valence-electron chi connectivity index (χ2n) is 3.09. The average molecular weight is 378 g/mol. The van der Waals surface area contributed by atoms with Crippen molar-refractivity contribution in [3.05, 3.63) is 26.4 Å². The highest BCUT2D eigenvalue weighted by molar-refractivity contribution is 14.1. The molecule has 0 fully saturated rings. The lowest BCUT2D eigenvalue weighted by Gasteiger charge is -2.11. The summed E-state index contributed by atoms with van der Waals surface area (Å²) in [6, 6.07) is 4.03. The Bertz CT molecular complexity index is 528. The Morgan fingerprint density at radius 2 is 2.20 bits per heavy atom. The van der Waals surface area contributed by atoms with E-state index in [9.17, 15) is 0 Å². The molecule has 0 saturated heterocycles. The minimum absolute atomic E-state index is 0.660. The van der Waals surface area contributed by atoms with E-state index >= 15 is 0 Å². The first-order valence-electron chi connectivity index (χ1n) is 4.35. The van der Waals surface area contributed by atoms with Gasteiger partial charge in [-0.15, -0.1) is 0 Å². The molecule has 0 aliphatic rings. The van der Waals surface area contributed by atoms with Crippen LogP contribution >= 0.6 is 38.5 Å². The minimum Gasteiger partial charge on any atom is -0.396 e. The molecule has 3 N–H and O–H groups in total. The van der Waals surface area contributed by atoms with E-state index in [-0.39, 0.29) is 0 Å². The van der Waals surface area contributed by atoms with Gasteiger partial charge in [-0.05, 0) is 34.7 Å². The smallest absolute Gasteiger partial charge is 0.0869 e. The van der Waals surface area contributed by atoms with Gasteiger partial charge in [0, 0.05) is 20.5 Å². The second kappa shape index (κ2) is 4.13. The zero-order valence-electron chi connectivity index (χ0n) is 8.01. The van der Waals surface area contributed by atoms with Gasteiger partial charge in [-0.3, -0.25) is 4.98 Å². The number of hydrogen-bond donors (Lipinski definition) is 2. The molecular formula is C10H9BrIN3. The summed E-state index contributed by atoms with van der Waals surface area (Å²) in [4.78, 5) is 4.35. The van der Waals surface area contributed by atoms with Crippen molar-refractivity contribution >= 4 is 60.8 Å². The predicted octanol–water partition coefficient (Wildman–Crippen LogP) is 3.23. The van der Waals surface area contributed by atoms with Gasteiger partial charge < -0.3 is 11.1 Å². The van der Waals surface area contributed by atoms with Gasteiger partial charge in [-0.1, -0.05) is 15.9 Å². The number of nitrogen functional groups attached to an aromatic ring is 1. The lowest BCUT2D eigenvalue weighted by Crippen LogP contribution is -1.99. The molecule has 2 aromatic rings. The Hall–Kier alpha value is -0.560. The van der Waals surface area contributed by atoms with Crippen LogP contribution in [0.2, 0.25) is 0 Å². The highest BCUT2D eigenvalue weighted by Crippen LogP contribution is 2.35. The fourth-order valence-electron chi connectivity index (χ4n) is 1.52. The zero-order chi connectivity index (χ0) is 11.0. The van der Waals surface area contributed by atoms with Crippen LogP contribution in [0.15, 0.2) is 22.8 Å². The monoisotopic (exact) mass is 377 g/mol. The summed E-state index contributed by atoms with van der Waals surface area (Å²) in [7, 11) is 1.86. The van der Waals surface area contributed by atoms with Crippen LogP contribution in [0.3, 0.4) is 0 Å². The molecule has 1 aromatic carbocycles. The van der Waals surface area contributed by atoms with Crippen LogP contribution in [0.25, 0.3) is 10.9 Å². The van der Waals surface area contributed by atoms with Crippen molar-refractivity contribution < 1.29 is 0 Å². The number of nitrogens with zero attached hydrogens (tertiary/aromatic N) is 1. The average Bonchev–Trinajstić information content (AvgIpc) is 2.23. The van der Waals surface area contributed by atoms with E-state index in [4.69, 9.17) is 5.73 Å². The van der Waals surface area contributed by atoms with E-state index in [1.165, 1.54) is 0 Å². The number of benzene rings is 1. The summed E-state index contributed by atoms with van der Waals surface area (Å²) in [5, 5.41) is 4.14. The van der Waals surface area contributed by atoms with Crippen molar-refractivity contribution in [3.63, 3.8) is 0 Å². The number of fused-ring (bicyclic) bond motifs is 1. The van der Waals surface area contributed by atoms with Gasteiger partial charge >= 0.3 is 0 Å². The van der Waals surface area contributed by atoms with Gasteiger partial charge in [-0.2, -0.15) is 0 Å². The second-order valence-corrected chi connectivity index (χ2v) is 5.11. The molecule has 78 valence electrons. The van der Waals surface area contributed by atoms with E-state index in [2.05, 4.69) is 48.8 Å². The molecular weight excluding hydrogens is 369 g/mol. The third-order valence-corrected chi connectivity index (χ3v) is 3.73. The van der Waals surface area contributed by atoms with E-state index in [0.717, 1.165) is 24.6 Å². The summed E-state index contributed by atoms with van der Waals surface area (Å²) >= 11 is 5.79. The summed E-state index contributed by atoms with van der Waals surface area (Å²) in [6.07, 6.45) is 1.68. The Morgan fingerprint density at radius 1 is 1.47 bits per heavy atom. The lowest BCUT2D eigenvalue weighted by atomic mass is 10.1. The van der Waals surface area contributed by atoms with Crippen LogP contribution in [0, 0.1) is 3.57 Å². The molecule has 5 heteroatoms. The zero-order valence-corrected chi connectivity index (χ0v) is 11.8. The highest BCUT2D eigenvalue weighted by Gasteiger charge is 2.10. The van der Waals surface area contributed by atoms with Crippen LogP contribution < -0.4 is 11.1 Å². The minimum atomic E-state index is 0.660. The lowest BCUT2D eigenvalue weighted by molar-refractivity contribution is 1.38. The topological polar surface area (TPSA) is 50.9 Å². The molecule has 0 spiro atoms. The molecule has 0 amide bonds. The molecule has 15 heavy (non-hydrogen) atoms. The van der Waals surface area contributed by atoms with E-state index < -0.39 is 0 Å². The normalized spacial score (nSPS) is 10.6. The van der Waals surface area contributed by atoms with Crippen LogP contribution in [-0.4, -0.2) is 12.0 Å². The van der Waals surface area contributed by atoms with Crippen molar-refractivity contribution in [1.29, 1.82) is 0 Å². The van der Waals surface area contributed by atoms with Gasteiger partial charge in [0.2, 0.25) is 0 Å². The predicted molar refractivity (Wildman–Crippen MR) is 76.1 cm³/mol. The molecule has 0 saturated carbocycles. The Labute approximate surface area is 110 Å². The Kier molecular flexibility index (Phi) is 3.01. The summed E-state index contributed by atoms with van der Waals surface area (Å²) in [5.41, 5.74) is 8.41. The maximum absolute atomic E-state index is 5.87. The van der Waals surface area contributed by atoms with Crippen LogP contribution in [0.5, 0.6) is 0 Å². The molecule has 0 aliphatic carbocycles. The summed E-state index contributed by atoms with van der Waals surface area (Å²) in [5.74, 6) is 0. The SMILES string of the molecule is CNc1c(N)cnc2c(I)ccc(Br)c12. The third-order valence-electron chi connectivity index (χ3n) is 2.20. The molecule has 0 unspecified atom stereocenters. The molecule has 0 atom stereocenters. The fourth-order valence-corrected chi connectivity index (χ4v) is 2.62. The first-order chi connectivity index (χ1) is 7.15. The maximum atomic E-state index is 5.87. The Morgan fingerprint density at radius 3 is 2.87 bits per heavy atom. The van der Waals surface area contributed by atoms with E-state index in [0.29, 0.717) is 5.69 Å². The number of anilines is 2. The van der Waals surface area contributed by atoms with Crippen molar-refractivity contribution in [2.24, 2.45) is 0 Å². The van der Waals surface area contributed by atoms with E-state index in [1.807, 2.05) is 19.2 Å². The molecule has 0 bridgehead atoms. The molecule has 3 nitrogen and oxygen atoms in total. The largest absolute Gasteiger partial charge is 0.396 e. The molecule has 0 aliphatic heterocycles. The maximum Gasteiger partial charge on any atom is 0.0869 e. The quantitative estimate of drug-likeness (QED) is 0.750. The first kappa shape index (κ1) is 10.9. The number of nitrogens with one attached hydrogen (secondary N) is 1. The van der Waals surface area contributed by atoms with Crippen LogP contribution in [0.1, 0.15) is 0 Å². The fraction of sp³-hybridized carbons (Fsp3) is 0.100. The van der Waals surface area contributed by atoms with Crippen molar-refractivity contribution in [3.8, 4) is 0 Å². The Balaban J connectivity index is 2.96.